The Hall–Kier alpha value is -5.61. The molecule has 16 nitrogen and oxygen atoms in total. The first-order valence-electron chi connectivity index (χ1n) is 17.4. The summed E-state index contributed by atoms with van der Waals surface area (Å²) in [6, 6.07) is 24.3. The van der Waals surface area contributed by atoms with E-state index in [0.717, 1.165) is 0 Å². The number of anilines is 4. The molecule has 18 heteroatoms. The van der Waals surface area contributed by atoms with Crippen molar-refractivity contribution < 1.29 is 41.8 Å². The van der Waals surface area contributed by atoms with Crippen molar-refractivity contribution in [3.05, 3.63) is 97.3 Å². The minimum atomic E-state index is -4.47. The molecular formula is C37H42FN8O8P. The highest BCUT2D eigenvalue weighted by atomic mass is 31.2. The summed E-state index contributed by atoms with van der Waals surface area (Å²) in [5.74, 6) is -0.391. The number of para-hydroxylation sites is 3. The summed E-state index contributed by atoms with van der Waals surface area (Å²) in [7, 11) is -2.85. The topological polar surface area (TPSA) is 194 Å². The predicted molar refractivity (Wildman–Crippen MR) is 202 cm³/mol. The fourth-order valence-electron chi connectivity index (χ4n) is 5.99. The van der Waals surface area contributed by atoms with Crippen molar-refractivity contribution in [1.82, 2.24) is 24.6 Å². The van der Waals surface area contributed by atoms with Crippen molar-refractivity contribution in [2.45, 2.75) is 63.9 Å². The number of fused-ring (bicyclic) bond motifs is 1. The maximum Gasteiger partial charge on any atom is 0.459 e. The number of nitrogens with zero attached hydrogens (tertiary/aromatic N) is 5. The molecule has 1 saturated heterocycles. The van der Waals surface area contributed by atoms with Gasteiger partial charge in [-0.25, -0.2) is 23.6 Å². The molecule has 55 heavy (non-hydrogen) atoms. The average molecular weight is 777 g/mol. The van der Waals surface area contributed by atoms with Crippen LogP contribution in [0.1, 0.15) is 33.9 Å². The van der Waals surface area contributed by atoms with Crippen molar-refractivity contribution in [3.8, 4) is 5.75 Å². The Kier molecular flexibility index (Phi) is 11.7. The van der Waals surface area contributed by atoms with Crippen LogP contribution in [0.5, 0.6) is 5.75 Å². The van der Waals surface area contributed by atoms with Gasteiger partial charge in [-0.2, -0.15) is 15.1 Å². The normalized spacial score (nSPS) is 21.1. The molecule has 6 rings (SSSR count). The molecule has 0 bridgehead atoms. The highest BCUT2D eigenvalue weighted by Gasteiger charge is 2.59. The van der Waals surface area contributed by atoms with Crippen molar-refractivity contribution in [2.24, 2.45) is 0 Å². The summed E-state index contributed by atoms with van der Waals surface area (Å²) < 4.78 is 62.7. The minimum absolute atomic E-state index is 0.114. The van der Waals surface area contributed by atoms with Gasteiger partial charge in [0.25, 0.3) is 0 Å². The van der Waals surface area contributed by atoms with E-state index in [4.69, 9.17) is 29.0 Å². The van der Waals surface area contributed by atoms with Crippen molar-refractivity contribution in [2.75, 3.05) is 29.6 Å². The van der Waals surface area contributed by atoms with Gasteiger partial charge in [0.2, 0.25) is 5.95 Å². The number of carbonyl (C=O) groups excluding carboxylic acids is 2. The second-order valence-electron chi connectivity index (χ2n) is 13.0. The number of ether oxygens (including phenoxy) is 3. The van der Waals surface area contributed by atoms with Gasteiger partial charge in [-0.15, -0.1) is 0 Å². The van der Waals surface area contributed by atoms with Gasteiger partial charge in [-0.3, -0.25) is 13.9 Å². The first-order valence-corrected chi connectivity index (χ1v) is 18.9. The molecule has 3 aromatic carbocycles. The first kappa shape index (κ1) is 39.1. The second kappa shape index (κ2) is 16.4. The third kappa shape index (κ3) is 8.70. The van der Waals surface area contributed by atoms with E-state index in [1.54, 1.807) is 112 Å². The molecule has 0 unspecified atom stereocenters. The Morgan fingerprint density at radius 3 is 2.18 bits per heavy atom. The van der Waals surface area contributed by atoms with Crippen LogP contribution in [-0.4, -0.2) is 75.3 Å². The molecule has 0 radical (unpaired) electrons. The third-order valence-corrected chi connectivity index (χ3v) is 10.1. The number of alkyl halides is 1. The number of esters is 1. The van der Waals surface area contributed by atoms with E-state index in [1.807, 2.05) is 0 Å². The summed E-state index contributed by atoms with van der Waals surface area (Å²) in [5.41, 5.74) is 4.77. The van der Waals surface area contributed by atoms with Crippen LogP contribution < -0.4 is 25.6 Å². The number of aromatic nitrogens is 4. The molecule has 4 N–H and O–H groups in total. The van der Waals surface area contributed by atoms with E-state index < -0.39 is 62.7 Å². The van der Waals surface area contributed by atoms with E-state index in [-0.39, 0.29) is 22.9 Å². The molecule has 1 aliphatic heterocycles. The van der Waals surface area contributed by atoms with Crippen LogP contribution in [0.25, 0.3) is 11.2 Å². The van der Waals surface area contributed by atoms with E-state index >= 15 is 4.39 Å². The second-order valence-corrected chi connectivity index (χ2v) is 14.7. The number of benzene rings is 3. The van der Waals surface area contributed by atoms with Crippen LogP contribution in [-0.2, 0) is 28.1 Å². The molecule has 6 atom stereocenters. The SMILES string of the molecule is CNc1nc(N)nc2c1ncn2[C@@H]1O[C@H](CO[P@@](=O)(N[C@@H](C)C(=O)OC(C)C)Oc2ccccc2)[C@@H](OC(=O)N(c2ccccc2)c2ccccc2)[C@@]1(C)F. The van der Waals surface area contributed by atoms with Crippen LogP contribution >= 0.6 is 7.75 Å². The summed E-state index contributed by atoms with van der Waals surface area (Å²) in [4.78, 5) is 41.1. The van der Waals surface area contributed by atoms with Gasteiger partial charge < -0.3 is 29.8 Å². The zero-order chi connectivity index (χ0) is 39.3. The maximum absolute atomic E-state index is 17.6. The maximum atomic E-state index is 17.6. The highest BCUT2D eigenvalue weighted by Crippen LogP contribution is 2.49. The largest absolute Gasteiger partial charge is 0.462 e. The Morgan fingerprint density at radius 2 is 1.60 bits per heavy atom. The lowest BCUT2D eigenvalue weighted by Crippen LogP contribution is -2.46. The molecule has 2 aromatic heterocycles. The molecule has 0 aliphatic carbocycles. The van der Waals surface area contributed by atoms with E-state index in [2.05, 4.69) is 25.4 Å². The molecule has 1 fully saturated rings. The fourth-order valence-corrected chi connectivity index (χ4v) is 7.49. The lowest BCUT2D eigenvalue weighted by molar-refractivity contribution is -0.149. The standard InChI is InChI=1S/C37H42FN8O8P/c1-23(2)51-33(47)24(3)44-55(49,54-27-19-13-8-14-20-27)50-21-28-30(53-36(48)46(25-15-9-6-10-16-25)26-17-11-7-12-18-26)37(4,38)34(52-28)45-22-41-29-31(40-5)42-35(39)43-32(29)45/h6-20,22-24,28,30,34H,21H2,1-5H3,(H,44,49)(H3,39,40,42,43)/t24-,28+,30+,34+,37+,55-/m0/s1. The molecule has 3 heterocycles. The third-order valence-electron chi connectivity index (χ3n) is 8.48. The number of rotatable bonds is 14. The number of halogens is 1. The summed E-state index contributed by atoms with van der Waals surface area (Å²) in [5, 5.41) is 5.50. The number of hydrogen-bond donors (Lipinski definition) is 3. The Balaban J connectivity index is 1.37. The zero-order valence-electron chi connectivity index (χ0n) is 30.7. The van der Waals surface area contributed by atoms with Gasteiger partial charge in [-0.05, 0) is 64.1 Å². The molecule has 1 aliphatic rings. The van der Waals surface area contributed by atoms with Gasteiger partial charge in [0, 0.05) is 7.05 Å². The fraction of sp³-hybridized carbons (Fsp3) is 0.324. The van der Waals surface area contributed by atoms with E-state index in [1.165, 1.54) is 29.6 Å². The highest BCUT2D eigenvalue weighted by molar-refractivity contribution is 7.52. The van der Waals surface area contributed by atoms with Crippen LogP contribution in [0.15, 0.2) is 97.3 Å². The van der Waals surface area contributed by atoms with Crippen molar-refractivity contribution >= 4 is 54.1 Å². The molecule has 1 amide bonds. The quantitative estimate of drug-likeness (QED) is 0.0811. The van der Waals surface area contributed by atoms with Crippen LogP contribution in [0.2, 0.25) is 0 Å². The number of nitrogen functional groups attached to an aromatic ring is 1. The number of imidazole rings is 1. The number of carbonyl (C=O) groups is 2. The smallest absolute Gasteiger partial charge is 0.459 e. The average Bonchev–Trinajstić information content (AvgIpc) is 3.68. The van der Waals surface area contributed by atoms with Gasteiger partial charge in [0.1, 0.15) is 17.9 Å². The summed E-state index contributed by atoms with van der Waals surface area (Å²) >= 11 is 0. The van der Waals surface area contributed by atoms with Crippen molar-refractivity contribution in [1.29, 1.82) is 0 Å². The van der Waals surface area contributed by atoms with E-state index in [9.17, 15) is 14.2 Å². The Morgan fingerprint density at radius 1 is 1.00 bits per heavy atom. The van der Waals surface area contributed by atoms with Gasteiger partial charge in [0.15, 0.2) is 35.0 Å². The first-order chi connectivity index (χ1) is 26.3. The van der Waals surface area contributed by atoms with Crippen molar-refractivity contribution in [3.63, 3.8) is 0 Å². The molecular weight excluding hydrogens is 734 g/mol. The molecule has 5 aromatic rings. The van der Waals surface area contributed by atoms with Crippen LogP contribution in [0.4, 0.5) is 32.3 Å². The number of nitrogens with two attached hydrogens (primary N) is 1. The zero-order valence-corrected chi connectivity index (χ0v) is 31.6. The van der Waals surface area contributed by atoms with Crippen LogP contribution in [0.3, 0.4) is 0 Å². The number of amides is 1. The van der Waals surface area contributed by atoms with E-state index in [0.29, 0.717) is 17.2 Å². The monoisotopic (exact) mass is 776 g/mol. The van der Waals surface area contributed by atoms with Gasteiger partial charge in [-0.1, -0.05) is 54.6 Å². The van der Waals surface area contributed by atoms with Gasteiger partial charge in [0.05, 0.1) is 30.4 Å². The van der Waals surface area contributed by atoms with Gasteiger partial charge >= 0.3 is 19.8 Å². The lowest BCUT2D eigenvalue weighted by Gasteiger charge is -2.31. The predicted octanol–water partition coefficient (Wildman–Crippen LogP) is 6.55. The Labute approximate surface area is 316 Å². The molecule has 0 spiro atoms. The summed E-state index contributed by atoms with van der Waals surface area (Å²) in [6.45, 7) is 5.32. The number of nitrogens with one attached hydrogen (secondary N) is 2. The Bertz CT molecular complexity index is 2110. The minimum Gasteiger partial charge on any atom is -0.462 e. The summed E-state index contributed by atoms with van der Waals surface area (Å²) in [6.07, 6.45) is -4.75. The lowest BCUT2D eigenvalue weighted by atomic mass is 9.98. The van der Waals surface area contributed by atoms with Crippen LogP contribution in [0, 0.1) is 0 Å². The number of hydrogen-bond acceptors (Lipinski definition) is 13. The molecule has 290 valence electrons. The molecule has 0 saturated carbocycles.